The van der Waals surface area contributed by atoms with Crippen molar-refractivity contribution in [1.82, 2.24) is 24.1 Å². The zero-order valence-corrected chi connectivity index (χ0v) is 21.9. The molecule has 4 heterocycles. The maximum absolute atomic E-state index is 13.4. The minimum Gasteiger partial charge on any atom is -0.519 e. The molecule has 0 radical (unpaired) electrons. The van der Waals surface area contributed by atoms with Crippen LogP contribution in [0.2, 0.25) is 13.1 Å². The van der Waals surface area contributed by atoms with Gasteiger partial charge < -0.3 is 9.33 Å². The van der Waals surface area contributed by atoms with E-state index in [1.807, 2.05) is 30.3 Å². The lowest BCUT2D eigenvalue weighted by Gasteiger charge is -2.41. The molecule has 0 unspecified atom stereocenters. The molecule has 10 heteroatoms. The zero-order chi connectivity index (χ0) is 24.4. The molecule has 1 aromatic heterocycles. The number of aliphatic imine (C=N–C) groups is 1. The Kier molecular flexibility index (Phi) is 7.06. The molecule has 0 aliphatic carbocycles. The number of amides is 1. The van der Waals surface area contributed by atoms with E-state index < -0.39 is 8.48 Å². The molecule has 0 saturated carbocycles. The number of hydroxylamine groups is 2. The average Bonchev–Trinajstić information content (AvgIpc) is 3.48. The fourth-order valence-corrected chi connectivity index (χ4v) is 7.77. The summed E-state index contributed by atoms with van der Waals surface area (Å²) in [4.78, 5) is 31.1. The summed E-state index contributed by atoms with van der Waals surface area (Å²) in [7, 11) is 0.0122. The second kappa shape index (κ2) is 10.2. The van der Waals surface area contributed by atoms with Crippen LogP contribution >= 0.6 is 0 Å². The maximum Gasteiger partial charge on any atom is 0.353 e. The SMILES string of the molecule is CN1CCC(N=C2O[Si](C)(C)N3C[C@H](N(OCc4ccccc4)C(=O)n4ccnc4)CC[C@@H]23)CC1. The standard InChI is InChI=1S/C25H36N6O3Si/c1-28-14-11-21(12-15-28)27-24-23-10-9-22(17-30(23)35(2,3)34-24)31(25(32)29-16-13-26-19-29)33-18-20-7-5-4-6-8-20/h4-8,13,16,19,21-23H,9-12,14-15,17-18H2,1-3H3/t22-,23+/m1/s1. The molecule has 0 N–H and O–H groups in total. The Balaban J connectivity index is 1.32. The van der Waals surface area contributed by atoms with Crippen LogP contribution in [0, 0.1) is 0 Å². The third-order valence-electron chi connectivity index (χ3n) is 7.34. The molecule has 5 rings (SSSR count). The summed E-state index contributed by atoms with van der Waals surface area (Å²) in [6.07, 6.45) is 8.70. The molecule has 3 saturated heterocycles. The van der Waals surface area contributed by atoms with Crippen LogP contribution in [-0.2, 0) is 15.9 Å². The van der Waals surface area contributed by atoms with Crippen LogP contribution in [0.4, 0.5) is 4.79 Å². The molecule has 0 bridgehead atoms. The van der Waals surface area contributed by atoms with Crippen LogP contribution in [0.5, 0.6) is 0 Å². The van der Waals surface area contributed by atoms with Gasteiger partial charge >= 0.3 is 14.5 Å². The van der Waals surface area contributed by atoms with E-state index in [-0.39, 0.29) is 18.1 Å². The number of hydrogen-bond donors (Lipinski definition) is 0. The summed E-state index contributed by atoms with van der Waals surface area (Å²) in [5.74, 6) is 0.923. The van der Waals surface area contributed by atoms with Crippen LogP contribution < -0.4 is 0 Å². The highest BCUT2D eigenvalue weighted by Crippen LogP contribution is 2.35. The predicted octanol–water partition coefficient (Wildman–Crippen LogP) is 3.34. The van der Waals surface area contributed by atoms with Crippen LogP contribution in [-0.4, -0.2) is 89.3 Å². The van der Waals surface area contributed by atoms with Gasteiger partial charge in [0.2, 0.25) is 0 Å². The molecule has 35 heavy (non-hydrogen) atoms. The summed E-state index contributed by atoms with van der Waals surface area (Å²) < 4.78 is 10.5. The molecule has 2 aromatic rings. The number of benzene rings is 1. The van der Waals surface area contributed by atoms with E-state index in [0.717, 1.165) is 50.2 Å². The predicted molar refractivity (Wildman–Crippen MR) is 136 cm³/mol. The van der Waals surface area contributed by atoms with Gasteiger partial charge in [-0.15, -0.1) is 0 Å². The highest BCUT2D eigenvalue weighted by Gasteiger charge is 2.52. The molecule has 9 nitrogen and oxygen atoms in total. The van der Waals surface area contributed by atoms with Crippen LogP contribution in [0.15, 0.2) is 54.0 Å². The number of fused-ring (bicyclic) bond motifs is 1. The molecule has 3 aliphatic rings. The first kappa shape index (κ1) is 24.2. The highest BCUT2D eigenvalue weighted by atomic mass is 28.4. The van der Waals surface area contributed by atoms with Gasteiger partial charge in [0.25, 0.3) is 0 Å². The van der Waals surface area contributed by atoms with Gasteiger partial charge in [0.05, 0.1) is 18.1 Å². The molecule has 3 fully saturated rings. The summed E-state index contributed by atoms with van der Waals surface area (Å²) in [6, 6.07) is 10.2. The maximum atomic E-state index is 13.4. The molecule has 1 amide bonds. The van der Waals surface area contributed by atoms with Gasteiger partial charge in [-0.3, -0.25) is 19.0 Å². The van der Waals surface area contributed by atoms with Gasteiger partial charge in [-0.1, -0.05) is 30.3 Å². The Morgan fingerprint density at radius 2 is 1.97 bits per heavy atom. The first-order chi connectivity index (χ1) is 16.9. The van der Waals surface area contributed by atoms with Gasteiger partial charge in [0.15, 0.2) is 5.90 Å². The Bertz CT molecular complexity index is 1020. The molecular weight excluding hydrogens is 460 g/mol. The fourth-order valence-electron chi connectivity index (χ4n) is 5.32. The molecule has 2 atom stereocenters. The molecule has 1 aromatic carbocycles. The van der Waals surface area contributed by atoms with Crippen molar-refractivity contribution < 1.29 is 14.1 Å². The van der Waals surface area contributed by atoms with Crippen molar-refractivity contribution in [3.05, 3.63) is 54.6 Å². The largest absolute Gasteiger partial charge is 0.519 e. The van der Waals surface area contributed by atoms with Crippen LogP contribution in [0.3, 0.4) is 0 Å². The van der Waals surface area contributed by atoms with Crippen molar-refractivity contribution in [3.8, 4) is 0 Å². The Morgan fingerprint density at radius 1 is 1.20 bits per heavy atom. The number of nitrogens with zero attached hydrogens (tertiary/aromatic N) is 6. The highest BCUT2D eigenvalue weighted by molar-refractivity contribution is 6.71. The first-order valence-electron chi connectivity index (χ1n) is 12.6. The number of aromatic nitrogens is 2. The van der Waals surface area contributed by atoms with E-state index >= 15 is 0 Å². The molecular formula is C25H36N6O3Si. The van der Waals surface area contributed by atoms with Gasteiger partial charge in [-0.2, -0.15) is 5.06 Å². The third kappa shape index (κ3) is 5.35. The fraction of sp³-hybridized carbons (Fsp3) is 0.560. The quantitative estimate of drug-likeness (QED) is 0.467. The summed E-state index contributed by atoms with van der Waals surface area (Å²) in [5.41, 5.74) is 1.02. The average molecular weight is 497 g/mol. The minimum atomic E-state index is -2.16. The van der Waals surface area contributed by atoms with E-state index in [1.54, 1.807) is 17.5 Å². The second-order valence-electron chi connectivity index (χ2n) is 10.3. The van der Waals surface area contributed by atoms with E-state index in [1.165, 1.54) is 10.9 Å². The Labute approximate surface area is 208 Å². The van der Waals surface area contributed by atoms with Crippen molar-refractivity contribution in [2.45, 2.75) is 63.5 Å². The van der Waals surface area contributed by atoms with Crippen molar-refractivity contribution >= 4 is 20.4 Å². The normalized spacial score (nSPS) is 26.4. The number of carbonyl (C=O) groups excluding carboxylic acids is 1. The van der Waals surface area contributed by atoms with Gasteiger partial charge in [-0.05, 0) is 64.5 Å². The molecule has 0 spiro atoms. The van der Waals surface area contributed by atoms with Crippen molar-refractivity contribution in [1.29, 1.82) is 0 Å². The minimum absolute atomic E-state index is 0.0806. The number of rotatable bonds is 5. The van der Waals surface area contributed by atoms with E-state index in [0.29, 0.717) is 19.2 Å². The van der Waals surface area contributed by atoms with Crippen molar-refractivity contribution in [2.75, 3.05) is 26.7 Å². The summed E-state index contributed by atoms with van der Waals surface area (Å²) >= 11 is 0. The smallest absolute Gasteiger partial charge is 0.353 e. The van der Waals surface area contributed by atoms with Crippen molar-refractivity contribution in [2.24, 2.45) is 4.99 Å². The molecule has 3 aliphatic heterocycles. The van der Waals surface area contributed by atoms with E-state index in [4.69, 9.17) is 14.3 Å². The lowest BCUT2D eigenvalue weighted by molar-refractivity contribution is -0.162. The van der Waals surface area contributed by atoms with Crippen LogP contribution in [0.25, 0.3) is 0 Å². The van der Waals surface area contributed by atoms with Crippen molar-refractivity contribution in [3.63, 3.8) is 0 Å². The monoisotopic (exact) mass is 496 g/mol. The number of hydrogen-bond acceptors (Lipinski definition) is 7. The Morgan fingerprint density at radius 3 is 2.69 bits per heavy atom. The lowest BCUT2D eigenvalue weighted by atomic mass is 9.99. The second-order valence-corrected chi connectivity index (χ2v) is 14.0. The molecule has 188 valence electrons. The van der Waals surface area contributed by atoms with Gasteiger partial charge in [0, 0.05) is 18.9 Å². The van der Waals surface area contributed by atoms with Gasteiger partial charge in [-0.25, -0.2) is 9.78 Å². The number of likely N-dealkylation sites (tertiary alicyclic amines) is 1. The Hall–Kier alpha value is -2.53. The van der Waals surface area contributed by atoms with Gasteiger partial charge in [0.1, 0.15) is 12.9 Å². The summed E-state index contributed by atoms with van der Waals surface area (Å²) in [5, 5.41) is 1.56. The number of imidazole rings is 1. The third-order valence-corrected chi connectivity index (χ3v) is 9.93. The summed E-state index contributed by atoms with van der Waals surface area (Å²) in [6.45, 7) is 7.68. The number of piperidine rings is 2. The van der Waals surface area contributed by atoms with E-state index in [9.17, 15) is 4.79 Å². The zero-order valence-electron chi connectivity index (χ0n) is 20.9. The topological polar surface area (TPSA) is 75.4 Å². The van der Waals surface area contributed by atoms with E-state index in [2.05, 4.69) is 34.6 Å². The first-order valence-corrected chi connectivity index (χ1v) is 15.5. The lowest BCUT2D eigenvalue weighted by Crippen LogP contribution is -2.59. The number of carbonyl (C=O) groups is 1. The van der Waals surface area contributed by atoms with Crippen LogP contribution in [0.1, 0.15) is 31.2 Å².